The summed E-state index contributed by atoms with van der Waals surface area (Å²) in [6.45, 7) is 0.787. The van der Waals surface area contributed by atoms with Crippen LogP contribution >= 0.6 is 0 Å². The number of nitrogens with zero attached hydrogens (tertiary/aromatic N) is 2. The maximum absolute atomic E-state index is 13.9. The van der Waals surface area contributed by atoms with E-state index in [0.717, 1.165) is 17.7 Å². The Morgan fingerprint density at radius 2 is 1.97 bits per heavy atom. The lowest BCUT2D eigenvalue weighted by molar-refractivity contribution is -0.136. The Bertz CT molecular complexity index is 883. The first-order chi connectivity index (χ1) is 13.9. The van der Waals surface area contributed by atoms with Gasteiger partial charge in [-0.3, -0.25) is 4.79 Å². The molecule has 0 N–H and O–H groups in total. The second-order valence-corrected chi connectivity index (χ2v) is 7.92. The molecular weight excluding hydrogens is 367 g/mol. The average Bonchev–Trinajstić information content (AvgIpc) is 2.83. The minimum atomic E-state index is -0.245. The zero-order valence-electron chi connectivity index (χ0n) is 17.6. The van der Waals surface area contributed by atoms with Gasteiger partial charge in [-0.05, 0) is 49.3 Å². The van der Waals surface area contributed by atoms with Crippen LogP contribution in [0, 0.1) is 11.7 Å². The molecule has 0 aliphatic heterocycles. The van der Waals surface area contributed by atoms with Crippen molar-refractivity contribution in [1.29, 1.82) is 0 Å². The van der Waals surface area contributed by atoms with E-state index in [2.05, 4.69) is 29.2 Å². The first kappa shape index (κ1) is 21.2. The minimum absolute atomic E-state index is 0.0189. The molecule has 0 bridgehead atoms. The van der Waals surface area contributed by atoms with E-state index in [1.807, 2.05) is 39.4 Å². The van der Waals surface area contributed by atoms with E-state index in [0.29, 0.717) is 6.42 Å². The molecule has 3 rings (SSSR count). The van der Waals surface area contributed by atoms with Crippen LogP contribution in [0.15, 0.2) is 53.6 Å². The quantitative estimate of drug-likeness (QED) is 0.703. The molecule has 154 valence electrons. The van der Waals surface area contributed by atoms with Gasteiger partial charge < -0.3 is 14.5 Å². The zero-order chi connectivity index (χ0) is 21.0. The van der Waals surface area contributed by atoms with Gasteiger partial charge in [-0.1, -0.05) is 48.1 Å². The Balaban J connectivity index is 1.99. The molecule has 5 heteroatoms. The molecule has 0 spiro atoms. The van der Waals surface area contributed by atoms with Gasteiger partial charge in [0.1, 0.15) is 12.4 Å². The largest absolute Gasteiger partial charge is 0.375 e. The third kappa shape index (κ3) is 5.11. The number of ether oxygens (including phenoxy) is 1. The SMILES string of the molecule is COCC(=O)N(C)[C@H](CC1=Cc2cc(F)ccc2C=C2C=CC=CC21)CN(C)C. The topological polar surface area (TPSA) is 32.8 Å². The molecule has 0 radical (unpaired) electrons. The Morgan fingerprint density at radius 1 is 1.17 bits per heavy atom. The Morgan fingerprint density at radius 3 is 2.69 bits per heavy atom. The van der Waals surface area contributed by atoms with Gasteiger partial charge in [0.25, 0.3) is 0 Å². The van der Waals surface area contributed by atoms with Crippen LogP contribution in [0.25, 0.3) is 12.2 Å². The summed E-state index contributed by atoms with van der Waals surface area (Å²) in [5, 5.41) is 0. The highest BCUT2D eigenvalue weighted by atomic mass is 19.1. The molecule has 0 saturated heterocycles. The van der Waals surface area contributed by atoms with Gasteiger partial charge in [-0.2, -0.15) is 0 Å². The smallest absolute Gasteiger partial charge is 0.248 e. The fourth-order valence-electron chi connectivity index (χ4n) is 3.94. The Kier molecular flexibility index (Phi) is 6.83. The van der Waals surface area contributed by atoms with Crippen LogP contribution in [0.4, 0.5) is 4.39 Å². The number of allylic oxidation sites excluding steroid dienone is 5. The molecule has 0 aromatic heterocycles. The predicted octanol–water partition coefficient (Wildman–Crippen LogP) is 3.77. The van der Waals surface area contributed by atoms with Crippen LogP contribution in [0.5, 0.6) is 0 Å². The second kappa shape index (κ2) is 9.33. The van der Waals surface area contributed by atoms with Crippen LogP contribution in [0.3, 0.4) is 0 Å². The summed E-state index contributed by atoms with van der Waals surface area (Å²) < 4.78 is 19.0. The number of hydrogen-bond acceptors (Lipinski definition) is 3. The molecule has 29 heavy (non-hydrogen) atoms. The second-order valence-electron chi connectivity index (χ2n) is 7.92. The molecule has 2 atom stereocenters. The Hall–Kier alpha value is -2.50. The molecule has 4 nitrogen and oxygen atoms in total. The van der Waals surface area contributed by atoms with E-state index in [4.69, 9.17) is 4.74 Å². The Labute approximate surface area is 172 Å². The van der Waals surface area contributed by atoms with E-state index >= 15 is 0 Å². The van der Waals surface area contributed by atoms with Gasteiger partial charge in [-0.25, -0.2) is 4.39 Å². The van der Waals surface area contributed by atoms with Gasteiger partial charge in [-0.15, -0.1) is 0 Å². The molecule has 2 aliphatic carbocycles. The monoisotopic (exact) mass is 396 g/mol. The lowest BCUT2D eigenvalue weighted by Crippen LogP contribution is -2.45. The average molecular weight is 397 g/mol. The van der Waals surface area contributed by atoms with E-state index in [9.17, 15) is 9.18 Å². The summed E-state index contributed by atoms with van der Waals surface area (Å²) in [6, 6.07) is 4.89. The van der Waals surface area contributed by atoms with Crippen molar-refractivity contribution >= 4 is 18.1 Å². The van der Waals surface area contributed by atoms with Crippen molar-refractivity contribution in [3.63, 3.8) is 0 Å². The van der Waals surface area contributed by atoms with Crippen LogP contribution < -0.4 is 0 Å². The van der Waals surface area contributed by atoms with Crippen molar-refractivity contribution in [1.82, 2.24) is 9.80 Å². The third-order valence-corrected chi connectivity index (χ3v) is 5.43. The van der Waals surface area contributed by atoms with Crippen molar-refractivity contribution in [2.75, 3.05) is 41.4 Å². The number of halogens is 1. The van der Waals surface area contributed by atoms with E-state index in [1.165, 1.54) is 24.3 Å². The standard InChI is InChI=1S/C24H29FN2O2/c1-26(2)15-22(27(3)24(28)16-29-4)14-20-12-19-13-21(25)10-9-17(19)11-18-7-5-6-8-23(18)20/h5-13,22-23H,14-16H2,1-4H3/t22-,23?/m1/s1. The number of methoxy groups -OCH3 is 1. The number of likely N-dealkylation sites (N-methyl/N-ethyl adjacent to an activating group) is 2. The summed E-state index contributed by atoms with van der Waals surface area (Å²) in [5.74, 6) is -0.174. The van der Waals surface area contributed by atoms with Crippen molar-refractivity contribution in [3.8, 4) is 0 Å². The van der Waals surface area contributed by atoms with Crippen molar-refractivity contribution in [3.05, 3.63) is 70.6 Å². The van der Waals surface area contributed by atoms with Crippen molar-refractivity contribution in [2.24, 2.45) is 5.92 Å². The highest BCUT2D eigenvalue weighted by Gasteiger charge is 2.27. The summed E-state index contributed by atoms with van der Waals surface area (Å²) in [5.41, 5.74) is 4.23. The predicted molar refractivity (Wildman–Crippen MR) is 116 cm³/mol. The molecule has 1 unspecified atom stereocenters. The molecule has 1 amide bonds. The van der Waals surface area contributed by atoms with Gasteiger partial charge in [0.15, 0.2) is 0 Å². The third-order valence-electron chi connectivity index (χ3n) is 5.43. The molecule has 0 saturated carbocycles. The number of rotatable bonds is 7. The zero-order valence-corrected chi connectivity index (χ0v) is 17.6. The summed E-state index contributed by atoms with van der Waals surface area (Å²) >= 11 is 0. The fraction of sp³-hybridized carbons (Fsp3) is 0.375. The van der Waals surface area contributed by atoms with Crippen LogP contribution in [-0.2, 0) is 9.53 Å². The molecule has 0 heterocycles. The van der Waals surface area contributed by atoms with Gasteiger partial charge >= 0.3 is 0 Å². The number of benzene rings is 1. The molecule has 1 aromatic carbocycles. The van der Waals surface area contributed by atoms with Crippen LogP contribution in [0.2, 0.25) is 0 Å². The highest BCUT2D eigenvalue weighted by Crippen LogP contribution is 2.36. The van der Waals surface area contributed by atoms with E-state index < -0.39 is 0 Å². The molecule has 0 fully saturated rings. The fourth-order valence-corrected chi connectivity index (χ4v) is 3.94. The summed E-state index contributed by atoms with van der Waals surface area (Å²) in [7, 11) is 7.36. The number of fused-ring (bicyclic) bond motifs is 2. The highest BCUT2D eigenvalue weighted by molar-refractivity contribution is 5.78. The summed E-state index contributed by atoms with van der Waals surface area (Å²) in [4.78, 5) is 16.3. The first-order valence-corrected chi connectivity index (χ1v) is 9.85. The number of carbonyl (C=O) groups is 1. The molecule has 2 aliphatic rings. The van der Waals surface area contributed by atoms with E-state index in [-0.39, 0.29) is 30.3 Å². The lowest BCUT2D eigenvalue weighted by atomic mass is 9.84. The lowest BCUT2D eigenvalue weighted by Gasteiger charge is -2.33. The maximum Gasteiger partial charge on any atom is 0.248 e. The number of hydrogen-bond donors (Lipinski definition) is 0. The summed E-state index contributed by atoms with van der Waals surface area (Å²) in [6.07, 6.45) is 13.3. The van der Waals surface area contributed by atoms with Crippen LogP contribution in [0.1, 0.15) is 17.5 Å². The van der Waals surface area contributed by atoms with Crippen molar-refractivity contribution in [2.45, 2.75) is 12.5 Å². The number of carbonyl (C=O) groups excluding carboxylic acids is 1. The van der Waals surface area contributed by atoms with Crippen molar-refractivity contribution < 1.29 is 13.9 Å². The first-order valence-electron chi connectivity index (χ1n) is 9.85. The number of amides is 1. The normalized spacial score (nSPS) is 18.5. The minimum Gasteiger partial charge on any atom is -0.375 e. The molecule has 1 aromatic rings. The van der Waals surface area contributed by atoms with Gasteiger partial charge in [0.05, 0.1) is 0 Å². The maximum atomic E-state index is 13.9. The molecular formula is C24H29FN2O2. The van der Waals surface area contributed by atoms with Crippen LogP contribution in [-0.4, -0.2) is 63.2 Å². The van der Waals surface area contributed by atoms with E-state index in [1.54, 1.807) is 11.0 Å². The van der Waals surface area contributed by atoms with Gasteiger partial charge in [0.2, 0.25) is 5.91 Å². The van der Waals surface area contributed by atoms with Gasteiger partial charge in [0, 0.05) is 32.7 Å².